The number of hydrogen-bond donors (Lipinski definition) is 1. The fourth-order valence-corrected chi connectivity index (χ4v) is 3.09. The monoisotopic (exact) mass is 316 g/mol. The molecule has 2 aromatic rings. The lowest BCUT2D eigenvalue weighted by Gasteiger charge is -2.12. The summed E-state index contributed by atoms with van der Waals surface area (Å²) in [6.45, 7) is 2.87. The van der Waals surface area contributed by atoms with Gasteiger partial charge in [-0.2, -0.15) is 0 Å². The van der Waals surface area contributed by atoms with Gasteiger partial charge in [0, 0.05) is 28.4 Å². The molecule has 0 unspecified atom stereocenters. The highest BCUT2D eigenvalue weighted by molar-refractivity contribution is 7.09. The number of hydrogen-bond acceptors (Lipinski definition) is 4. The van der Waals surface area contributed by atoms with Crippen molar-refractivity contribution in [3.8, 4) is 5.75 Å². The second-order valence-electron chi connectivity index (χ2n) is 4.04. The van der Waals surface area contributed by atoms with E-state index in [4.69, 9.17) is 33.7 Å². The third kappa shape index (κ3) is 3.60. The van der Waals surface area contributed by atoms with Crippen LogP contribution in [-0.2, 0) is 13.0 Å². The summed E-state index contributed by atoms with van der Waals surface area (Å²) in [5, 5.41) is 1.06. The van der Waals surface area contributed by atoms with E-state index in [1.165, 1.54) is 4.88 Å². The molecular formula is C13H14Cl2N2OS. The van der Waals surface area contributed by atoms with Crippen molar-refractivity contribution in [3.63, 3.8) is 0 Å². The summed E-state index contributed by atoms with van der Waals surface area (Å²) in [6.07, 6.45) is 0.805. The van der Waals surface area contributed by atoms with E-state index in [1.807, 2.05) is 12.4 Å². The molecule has 0 radical (unpaired) electrons. The standard InChI is InChI=1S/C13H14Cl2N2OS/c1-8-12(19-7-17-8)2-3-18-13-9(6-16)4-10(14)5-11(13)15/h4-5,7H,2-3,6,16H2,1H3. The highest BCUT2D eigenvalue weighted by Gasteiger charge is 2.10. The van der Waals surface area contributed by atoms with Crippen molar-refractivity contribution >= 4 is 34.5 Å². The maximum absolute atomic E-state index is 6.13. The van der Waals surface area contributed by atoms with Gasteiger partial charge in [-0.3, -0.25) is 0 Å². The number of rotatable bonds is 5. The summed E-state index contributed by atoms with van der Waals surface area (Å²) in [6, 6.07) is 3.44. The first-order valence-electron chi connectivity index (χ1n) is 5.81. The van der Waals surface area contributed by atoms with Gasteiger partial charge in [-0.05, 0) is 19.1 Å². The van der Waals surface area contributed by atoms with E-state index in [0.717, 1.165) is 17.7 Å². The Hall–Kier alpha value is -0.810. The first-order valence-corrected chi connectivity index (χ1v) is 7.45. The zero-order chi connectivity index (χ0) is 13.8. The van der Waals surface area contributed by atoms with Crippen LogP contribution in [0, 0.1) is 6.92 Å². The average Bonchev–Trinajstić information content (AvgIpc) is 2.77. The smallest absolute Gasteiger partial charge is 0.142 e. The number of aryl methyl sites for hydroxylation is 1. The Bertz CT molecular complexity index is 572. The number of nitrogens with two attached hydrogens (primary N) is 1. The minimum atomic E-state index is 0.342. The molecule has 0 saturated heterocycles. The molecule has 102 valence electrons. The van der Waals surface area contributed by atoms with Gasteiger partial charge in [-0.1, -0.05) is 23.2 Å². The van der Waals surface area contributed by atoms with E-state index in [1.54, 1.807) is 23.5 Å². The fraction of sp³-hybridized carbons (Fsp3) is 0.308. The normalized spacial score (nSPS) is 10.7. The molecule has 0 fully saturated rings. The van der Waals surface area contributed by atoms with Crippen molar-refractivity contribution in [1.29, 1.82) is 0 Å². The number of halogens is 2. The van der Waals surface area contributed by atoms with Crippen LogP contribution in [0.25, 0.3) is 0 Å². The largest absolute Gasteiger partial charge is 0.491 e. The van der Waals surface area contributed by atoms with Crippen LogP contribution in [0.15, 0.2) is 17.6 Å². The highest BCUT2D eigenvalue weighted by Crippen LogP contribution is 2.32. The molecule has 3 nitrogen and oxygen atoms in total. The van der Waals surface area contributed by atoms with Gasteiger partial charge in [0.2, 0.25) is 0 Å². The molecule has 2 N–H and O–H groups in total. The van der Waals surface area contributed by atoms with Crippen LogP contribution in [-0.4, -0.2) is 11.6 Å². The van der Waals surface area contributed by atoms with Crippen LogP contribution in [0.1, 0.15) is 16.1 Å². The predicted octanol–water partition coefficient (Wildman–Crippen LogP) is 3.84. The molecule has 0 saturated carbocycles. The number of benzene rings is 1. The third-order valence-corrected chi connectivity index (χ3v) is 4.22. The summed E-state index contributed by atoms with van der Waals surface area (Å²) >= 11 is 13.7. The van der Waals surface area contributed by atoms with Gasteiger partial charge in [0.25, 0.3) is 0 Å². The molecule has 0 spiro atoms. The zero-order valence-electron chi connectivity index (χ0n) is 10.5. The second kappa shape index (κ2) is 6.57. The van der Waals surface area contributed by atoms with Gasteiger partial charge in [-0.15, -0.1) is 11.3 Å². The molecular weight excluding hydrogens is 303 g/mol. The van der Waals surface area contributed by atoms with Gasteiger partial charge in [0.05, 0.1) is 22.8 Å². The van der Waals surface area contributed by atoms with E-state index < -0.39 is 0 Å². The van der Waals surface area contributed by atoms with Crippen molar-refractivity contribution in [1.82, 2.24) is 4.98 Å². The van der Waals surface area contributed by atoms with Crippen molar-refractivity contribution in [2.45, 2.75) is 19.9 Å². The number of aromatic nitrogens is 1. The molecule has 1 aromatic carbocycles. The molecule has 6 heteroatoms. The molecule has 0 aliphatic heterocycles. The second-order valence-corrected chi connectivity index (χ2v) is 5.82. The summed E-state index contributed by atoms with van der Waals surface area (Å²) in [4.78, 5) is 5.43. The van der Waals surface area contributed by atoms with Crippen LogP contribution in [0.2, 0.25) is 10.0 Å². The summed E-state index contributed by atoms with van der Waals surface area (Å²) in [5.74, 6) is 0.621. The number of ether oxygens (including phenoxy) is 1. The minimum Gasteiger partial charge on any atom is -0.491 e. The highest BCUT2D eigenvalue weighted by atomic mass is 35.5. The number of nitrogens with zero attached hydrogens (tertiary/aromatic N) is 1. The maximum Gasteiger partial charge on any atom is 0.142 e. The maximum atomic E-state index is 6.13. The third-order valence-electron chi connectivity index (χ3n) is 2.73. The number of thiazole rings is 1. The van der Waals surface area contributed by atoms with Gasteiger partial charge in [0.15, 0.2) is 0 Å². The topological polar surface area (TPSA) is 48.1 Å². The molecule has 1 aromatic heterocycles. The van der Waals surface area contributed by atoms with Crippen LogP contribution in [0.3, 0.4) is 0 Å². The van der Waals surface area contributed by atoms with Gasteiger partial charge in [-0.25, -0.2) is 4.98 Å². The van der Waals surface area contributed by atoms with E-state index in [9.17, 15) is 0 Å². The Kier molecular flexibility index (Phi) is 5.05. The molecule has 1 heterocycles. The first kappa shape index (κ1) is 14.6. The fourth-order valence-electron chi connectivity index (χ4n) is 1.74. The molecule has 0 aliphatic rings. The average molecular weight is 317 g/mol. The molecule has 0 amide bonds. The van der Waals surface area contributed by atoms with Crippen LogP contribution < -0.4 is 10.5 Å². The van der Waals surface area contributed by atoms with Crippen molar-refractivity contribution in [3.05, 3.63) is 43.8 Å². The lowest BCUT2D eigenvalue weighted by atomic mass is 10.2. The Morgan fingerprint density at radius 3 is 2.79 bits per heavy atom. The minimum absolute atomic E-state index is 0.342. The Morgan fingerprint density at radius 1 is 1.37 bits per heavy atom. The summed E-state index contributed by atoms with van der Waals surface area (Å²) in [7, 11) is 0. The van der Waals surface area contributed by atoms with Crippen LogP contribution in [0.4, 0.5) is 0 Å². The van der Waals surface area contributed by atoms with Gasteiger partial charge >= 0.3 is 0 Å². The predicted molar refractivity (Wildman–Crippen MR) is 80.4 cm³/mol. The Balaban J connectivity index is 2.05. The van der Waals surface area contributed by atoms with E-state index in [0.29, 0.717) is 28.9 Å². The van der Waals surface area contributed by atoms with Crippen molar-refractivity contribution < 1.29 is 4.74 Å². The van der Waals surface area contributed by atoms with Crippen LogP contribution >= 0.6 is 34.5 Å². The Labute approximate surface area is 126 Å². The quantitative estimate of drug-likeness (QED) is 0.911. The summed E-state index contributed by atoms with van der Waals surface area (Å²) < 4.78 is 5.75. The summed E-state index contributed by atoms with van der Waals surface area (Å²) in [5.41, 5.74) is 9.38. The van der Waals surface area contributed by atoms with E-state index >= 15 is 0 Å². The first-order chi connectivity index (χ1) is 9.11. The molecule has 0 aliphatic carbocycles. The van der Waals surface area contributed by atoms with E-state index in [2.05, 4.69) is 4.98 Å². The lowest BCUT2D eigenvalue weighted by molar-refractivity contribution is 0.319. The van der Waals surface area contributed by atoms with Crippen molar-refractivity contribution in [2.75, 3.05) is 6.61 Å². The molecule has 19 heavy (non-hydrogen) atoms. The lowest BCUT2D eigenvalue weighted by Crippen LogP contribution is -2.06. The van der Waals surface area contributed by atoms with Gasteiger partial charge < -0.3 is 10.5 Å². The van der Waals surface area contributed by atoms with Gasteiger partial charge in [0.1, 0.15) is 5.75 Å². The molecule has 2 rings (SSSR count). The molecule has 0 atom stereocenters. The van der Waals surface area contributed by atoms with E-state index in [-0.39, 0.29) is 0 Å². The van der Waals surface area contributed by atoms with Crippen molar-refractivity contribution in [2.24, 2.45) is 5.73 Å². The Morgan fingerprint density at radius 2 is 2.16 bits per heavy atom. The zero-order valence-corrected chi connectivity index (χ0v) is 12.8. The van der Waals surface area contributed by atoms with Crippen LogP contribution in [0.5, 0.6) is 5.75 Å². The SMILES string of the molecule is Cc1ncsc1CCOc1c(Cl)cc(Cl)cc1CN. The molecule has 0 bridgehead atoms.